The Morgan fingerprint density at radius 1 is 0.860 bits per heavy atom. The number of aromatic hydroxyl groups is 2. The van der Waals surface area contributed by atoms with Crippen LogP contribution in [0.1, 0.15) is 20.7 Å². The Labute approximate surface area is 239 Å². The molecule has 1 aliphatic heterocycles. The van der Waals surface area contributed by atoms with E-state index in [4.69, 9.17) is 20.4 Å². The number of rotatable bonds is 6. The van der Waals surface area contributed by atoms with Crippen molar-refractivity contribution in [1.82, 2.24) is 4.73 Å². The van der Waals surface area contributed by atoms with Crippen molar-refractivity contribution in [2.24, 2.45) is 0 Å². The highest BCUT2D eigenvalue weighted by Crippen LogP contribution is 2.45. The monoisotopic (exact) mass is 631 g/mol. The maximum Gasteiger partial charge on any atom is 0.363 e. The lowest BCUT2D eigenvalue weighted by molar-refractivity contribution is 0.0381. The molecule has 2 aromatic carbocycles. The van der Waals surface area contributed by atoms with Gasteiger partial charge in [0, 0.05) is 28.6 Å². The summed E-state index contributed by atoms with van der Waals surface area (Å²) in [5.74, 6) is -4.92. The van der Waals surface area contributed by atoms with E-state index in [0.717, 1.165) is 48.5 Å². The summed E-state index contributed by atoms with van der Waals surface area (Å²) in [5, 5.41) is 36.6. The summed E-state index contributed by atoms with van der Waals surface area (Å²) in [6.07, 6.45) is 0. The number of nitrogens with one attached hydrogen (secondary N) is 1. The lowest BCUT2D eigenvalue weighted by Gasteiger charge is -2.20. The predicted octanol–water partition coefficient (Wildman–Crippen LogP) is 1.94. The molecule has 2 aliphatic rings. The van der Waals surface area contributed by atoms with E-state index in [1.165, 1.54) is 6.07 Å². The average Bonchev–Trinajstić information content (AvgIpc) is 3.21. The summed E-state index contributed by atoms with van der Waals surface area (Å²) >= 11 is 0. The van der Waals surface area contributed by atoms with Crippen molar-refractivity contribution in [2.75, 3.05) is 5.73 Å². The van der Waals surface area contributed by atoms with Gasteiger partial charge in [0.2, 0.25) is 11.8 Å². The Morgan fingerprint density at radius 2 is 1.47 bits per heavy atom. The lowest BCUT2D eigenvalue weighted by Crippen LogP contribution is -2.19. The van der Waals surface area contributed by atoms with Crippen molar-refractivity contribution >= 4 is 48.8 Å². The number of benzene rings is 3. The normalized spacial score (nSPS) is 12.0. The van der Waals surface area contributed by atoms with Crippen LogP contribution in [-0.2, 0) is 20.2 Å². The minimum atomic E-state index is -5.21. The molecule has 0 radical (unpaired) electrons. The van der Waals surface area contributed by atoms with Crippen LogP contribution in [0.25, 0.3) is 33.4 Å². The topological polar surface area (TPSA) is 281 Å². The Bertz CT molecular complexity index is 2250. The molecule has 1 aliphatic carbocycles. The van der Waals surface area contributed by atoms with Gasteiger partial charge in [-0.05, 0) is 42.0 Å². The number of carboxylic acid groups (broad SMARTS) is 1. The van der Waals surface area contributed by atoms with Gasteiger partial charge in [-0.2, -0.15) is 16.8 Å². The highest BCUT2D eigenvalue weighted by atomic mass is 32.2. The number of carboxylic acids is 1. The number of carbonyl (C=O) groups is 2. The van der Waals surface area contributed by atoms with Crippen LogP contribution in [0, 0.1) is 5.41 Å². The van der Waals surface area contributed by atoms with Crippen molar-refractivity contribution < 1.29 is 60.1 Å². The van der Waals surface area contributed by atoms with Gasteiger partial charge in [-0.15, -0.1) is 4.73 Å². The third kappa shape index (κ3) is 4.89. The third-order valence-electron chi connectivity index (χ3n) is 6.24. The zero-order chi connectivity index (χ0) is 31.6. The van der Waals surface area contributed by atoms with E-state index in [-0.39, 0.29) is 22.1 Å². The number of hydrogen-bond acceptors (Lipinski definition) is 12. The van der Waals surface area contributed by atoms with Crippen molar-refractivity contribution in [3.8, 4) is 34.2 Å². The van der Waals surface area contributed by atoms with Crippen molar-refractivity contribution in [1.29, 1.82) is 5.41 Å². The standard InChI is InChI=1S/C25H17N3O13S2/c26-15-5-3-12-19(11-2-1-10(9-14(11)24(31)32)25(33)41-28-17(29)7-8-18(28)30)13-4-6-16(27)23(43(37,38)39)21(13)40-20(12)22(15)42(34,35)36/h1-9,26,29-30H,27H2,(H,31,32)(H,34,35,36)(H,37,38,39). The molecule has 0 saturated carbocycles. The number of hydrogen-bond donors (Lipinski definition) is 7. The first-order valence-corrected chi connectivity index (χ1v) is 14.4. The summed E-state index contributed by atoms with van der Waals surface area (Å²) in [5.41, 5.74) is 2.84. The first-order valence-electron chi connectivity index (χ1n) is 11.5. The van der Waals surface area contributed by atoms with E-state index in [0.29, 0.717) is 4.73 Å². The van der Waals surface area contributed by atoms with Gasteiger partial charge in [-0.1, -0.05) is 6.07 Å². The van der Waals surface area contributed by atoms with E-state index in [9.17, 15) is 50.8 Å². The minimum absolute atomic E-state index is 0.201. The van der Waals surface area contributed by atoms with Gasteiger partial charge < -0.3 is 30.3 Å². The highest BCUT2D eigenvalue weighted by molar-refractivity contribution is 7.86. The average molecular weight is 632 g/mol. The molecule has 18 heteroatoms. The smallest absolute Gasteiger partial charge is 0.363 e. The molecular weight excluding hydrogens is 614 g/mol. The zero-order valence-electron chi connectivity index (χ0n) is 21.0. The molecule has 0 amide bonds. The number of carbonyl (C=O) groups excluding carboxylic acids is 1. The van der Waals surface area contributed by atoms with E-state index in [1.54, 1.807) is 0 Å². The van der Waals surface area contributed by atoms with E-state index in [2.05, 4.69) is 0 Å². The Morgan fingerprint density at radius 3 is 2.05 bits per heavy atom. The second-order valence-corrected chi connectivity index (χ2v) is 11.6. The maximum absolute atomic E-state index is 12.8. The largest absolute Gasteiger partial charge is 0.492 e. The number of aromatic carboxylic acids is 1. The van der Waals surface area contributed by atoms with Gasteiger partial charge in [0.15, 0.2) is 21.1 Å². The first kappa shape index (κ1) is 29.1. The fraction of sp³-hybridized carbons (Fsp3) is 0. The molecule has 222 valence electrons. The number of fused-ring (bicyclic) bond motifs is 2. The molecule has 0 spiro atoms. The number of nitrogens with two attached hydrogens (primary N) is 1. The van der Waals surface area contributed by atoms with E-state index in [1.807, 2.05) is 0 Å². The maximum atomic E-state index is 12.8. The summed E-state index contributed by atoms with van der Waals surface area (Å²) in [7, 11) is -10.4. The number of anilines is 1. The minimum Gasteiger partial charge on any atom is -0.492 e. The van der Waals surface area contributed by atoms with Gasteiger partial charge >= 0.3 is 11.9 Å². The molecule has 3 aromatic rings. The fourth-order valence-electron chi connectivity index (χ4n) is 4.49. The second kappa shape index (κ2) is 9.84. The van der Waals surface area contributed by atoms with Gasteiger partial charge in [0.05, 0.1) is 22.2 Å². The molecule has 0 unspecified atom stereocenters. The Kier molecular flexibility index (Phi) is 6.65. The van der Waals surface area contributed by atoms with E-state index < -0.39 is 87.2 Å². The molecule has 16 nitrogen and oxygen atoms in total. The SMILES string of the molecule is N=c1ccc2c(-c3ccc(C(=O)On4c(O)ccc4O)cc3C(=O)O)c3ccc(N)c(S(=O)(=O)O)c3oc-2c1S(=O)(=O)O. The van der Waals surface area contributed by atoms with Gasteiger partial charge in [-0.3, -0.25) is 14.5 Å². The second-order valence-electron chi connectivity index (χ2n) is 8.90. The molecule has 0 saturated heterocycles. The van der Waals surface area contributed by atoms with Gasteiger partial charge in [0.1, 0.15) is 0 Å². The summed E-state index contributed by atoms with van der Waals surface area (Å²) in [6, 6.07) is 9.42. The van der Waals surface area contributed by atoms with Crippen LogP contribution in [0.3, 0.4) is 0 Å². The van der Waals surface area contributed by atoms with Crippen LogP contribution in [0.4, 0.5) is 5.69 Å². The first-order chi connectivity index (χ1) is 20.0. The molecular formula is C25H17N3O13S2. The molecule has 5 rings (SSSR count). The number of aromatic nitrogens is 1. The van der Waals surface area contributed by atoms with Crippen LogP contribution in [0.5, 0.6) is 11.8 Å². The summed E-state index contributed by atoms with van der Waals surface area (Å²) in [4.78, 5) is 28.0. The molecule has 0 bridgehead atoms. The zero-order valence-corrected chi connectivity index (χ0v) is 22.7. The fourth-order valence-corrected chi connectivity index (χ4v) is 5.98. The quantitative estimate of drug-likeness (QED) is 0.0801. The van der Waals surface area contributed by atoms with Crippen molar-refractivity contribution in [3.63, 3.8) is 0 Å². The van der Waals surface area contributed by atoms with Crippen LogP contribution in [-0.4, -0.2) is 57.9 Å². The van der Waals surface area contributed by atoms with Crippen molar-refractivity contribution in [2.45, 2.75) is 9.79 Å². The molecule has 0 atom stereocenters. The Hall–Kier alpha value is -5.43. The molecule has 1 aromatic heterocycles. The summed E-state index contributed by atoms with van der Waals surface area (Å²) in [6.45, 7) is 0. The third-order valence-corrected chi connectivity index (χ3v) is 8.10. The molecule has 0 fully saturated rings. The van der Waals surface area contributed by atoms with Crippen LogP contribution in [0.15, 0.2) is 68.8 Å². The van der Waals surface area contributed by atoms with E-state index >= 15 is 0 Å². The number of nitrogen functional groups attached to an aromatic ring is 1. The molecule has 43 heavy (non-hydrogen) atoms. The lowest BCUT2D eigenvalue weighted by atomic mass is 9.89. The van der Waals surface area contributed by atoms with Gasteiger partial charge in [0.25, 0.3) is 20.2 Å². The van der Waals surface area contributed by atoms with Crippen LogP contribution < -0.4 is 15.9 Å². The van der Waals surface area contributed by atoms with Gasteiger partial charge in [-0.25, -0.2) is 9.59 Å². The highest BCUT2D eigenvalue weighted by Gasteiger charge is 2.32. The summed E-state index contributed by atoms with van der Waals surface area (Å²) < 4.78 is 74.9. The van der Waals surface area contributed by atoms with Crippen LogP contribution >= 0.6 is 0 Å². The molecule has 8 N–H and O–H groups in total. The van der Waals surface area contributed by atoms with Crippen molar-refractivity contribution in [3.05, 3.63) is 71.1 Å². The van der Waals surface area contributed by atoms with Crippen LogP contribution in [0.2, 0.25) is 0 Å². The molecule has 2 heterocycles. The predicted molar refractivity (Wildman–Crippen MR) is 144 cm³/mol. The Balaban J connectivity index is 1.88. The number of nitrogens with zero attached hydrogens (tertiary/aromatic N) is 1.